The molecule has 0 radical (unpaired) electrons. The van der Waals surface area contributed by atoms with E-state index in [1.165, 1.54) is 0 Å². The first-order valence-corrected chi connectivity index (χ1v) is 5.10. The van der Waals surface area contributed by atoms with E-state index >= 15 is 0 Å². The van der Waals surface area contributed by atoms with Crippen LogP contribution in [0.15, 0.2) is 12.0 Å². The second-order valence-corrected chi connectivity index (χ2v) is 4.14. The van der Waals surface area contributed by atoms with E-state index in [0.29, 0.717) is 19.6 Å². The lowest BCUT2D eigenvalue weighted by Gasteiger charge is -2.00. The average molecular weight is 178 g/mol. The molecule has 0 saturated heterocycles. The van der Waals surface area contributed by atoms with Crippen molar-refractivity contribution < 1.29 is 8.42 Å². The molecule has 0 heterocycles. The Morgan fingerprint density at radius 3 is 2.55 bits per heavy atom. The zero-order chi connectivity index (χ0) is 8.74. The molecule has 3 N–H and O–H groups in total. The third-order valence-corrected chi connectivity index (χ3v) is 2.42. The van der Waals surface area contributed by atoms with Crippen LogP contribution in [0, 0.1) is 0 Å². The van der Waals surface area contributed by atoms with Crippen molar-refractivity contribution in [2.45, 2.75) is 0 Å². The lowest BCUT2D eigenvalue weighted by atomic mass is 10.6. The van der Waals surface area contributed by atoms with Gasteiger partial charge in [0.15, 0.2) is 9.84 Å². The zero-order valence-corrected chi connectivity index (χ0v) is 7.23. The van der Waals surface area contributed by atoms with Gasteiger partial charge in [0.05, 0.1) is 5.75 Å². The molecule has 0 atom stereocenters. The SMILES string of the molecule is C=CS(=O)(=O)CCNCCN. The van der Waals surface area contributed by atoms with Gasteiger partial charge < -0.3 is 11.1 Å². The Balaban J connectivity index is 3.47. The van der Waals surface area contributed by atoms with Crippen molar-refractivity contribution in [1.29, 1.82) is 0 Å². The van der Waals surface area contributed by atoms with Crippen molar-refractivity contribution in [3.63, 3.8) is 0 Å². The van der Waals surface area contributed by atoms with Gasteiger partial charge in [0.2, 0.25) is 0 Å². The fourth-order valence-electron chi connectivity index (χ4n) is 0.525. The quantitative estimate of drug-likeness (QED) is 0.517. The van der Waals surface area contributed by atoms with Gasteiger partial charge in [0.1, 0.15) is 0 Å². The van der Waals surface area contributed by atoms with Crippen molar-refractivity contribution in [3.8, 4) is 0 Å². The molecule has 0 aromatic carbocycles. The first kappa shape index (κ1) is 10.6. The summed E-state index contributed by atoms with van der Waals surface area (Å²) in [6.07, 6.45) is 0. The van der Waals surface area contributed by atoms with Crippen LogP contribution in [-0.4, -0.2) is 33.8 Å². The molecule has 0 aliphatic heterocycles. The summed E-state index contributed by atoms with van der Waals surface area (Å²) in [5.41, 5.74) is 5.18. The molecule has 5 heteroatoms. The van der Waals surface area contributed by atoms with Gasteiger partial charge in [-0.25, -0.2) is 8.42 Å². The van der Waals surface area contributed by atoms with E-state index in [1.807, 2.05) is 0 Å². The predicted octanol–water partition coefficient (Wildman–Crippen LogP) is -0.907. The molecule has 0 fully saturated rings. The lowest BCUT2D eigenvalue weighted by molar-refractivity contribution is 0.599. The standard InChI is InChI=1S/C6H14N2O2S/c1-2-11(9,10)6-5-8-4-3-7/h2,8H,1,3-7H2. The van der Waals surface area contributed by atoms with Gasteiger partial charge in [-0.1, -0.05) is 6.58 Å². The number of sulfone groups is 1. The molecule has 0 spiro atoms. The van der Waals surface area contributed by atoms with E-state index < -0.39 is 9.84 Å². The fourth-order valence-corrected chi connectivity index (χ4v) is 1.12. The Morgan fingerprint density at radius 1 is 1.45 bits per heavy atom. The summed E-state index contributed by atoms with van der Waals surface area (Å²) in [7, 11) is -3.04. The van der Waals surface area contributed by atoms with Gasteiger partial charge in [-0.2, -0.15) is 0 Å². The van der Waals surface area contributed by atoms with Crippen LogP contribution in [0.1, 0.15) is 0 Å². The number of hydrogen-bond acceptors (Lipinski definition) is 4. The van der Waals surface area contributed by atoms with E-state index in [2.05, 4.69) is 11.9 Å². The highest BCUT2D eigenvalue weighted by Crippen LogP contribution is 1.87. The highest BCUT2D eigenvalue weighted by Gasteiger charge is 2.02. The zero-order valence-electron chi connectivity index (χ0n) is 6.41. The van der Waals surface area contributed by atoms with Crippen LogP contribution < -0.4 is 11.1 Å². The number of hydrogen-bond donors (Lipinski definition) is 2. The molecular formula is C6H14N2O2S. The third-order valence-electron chi connectivity index (χ3n) is 1.14. The third kappa shape index (κ3) is 6.03. The van der Waals surface area contributed by atoms with Crippen LogP contribution in [0.3, 0.4) is 0 Å². The molecule has 0 aromatic rings. The van der Waals surface area contributed by atoms with Crippen LogP contribution in [-0.2, 0) is 9.84 Å². The van der Waals surface area contributed by atoms with Crippen molar-refractivity contribution >= 4 is 9.84 Å². The smallest absolute Gasteiger partial charge is 0.172 e. The molecule has 0 saturated carbocycles. The highest BCUT2D eigenvalue weighted by molar-refractivity contribution is 7.94. The van der Waals surface area contributed by atoms with E-state index in [4.69, 9.17) is 5.73 Å². The minimum absolute atomic E-state index is 0.0937. The predicted molar refractivity (Wildman–Crippen MR) is 45.9 cm³/mol. The monoisotopic (exact) mass is 178 g/mol. The Morgan fingerprint density at radius 2 is 2.09 bits per heavy atom. The maximum atomic E-state index is 10.8. The average Bonchev–Trinajstić information content (AvgIpc) is 1.99. The second kappa shape index (κ2) is 5.29. The molecule has 0 bridgehead atoms. The van der Waals surface area contributed by atoms with Gasteiger partial charge in [0, 0.05) is 25.0 Å². The summed E-state index contributed by atoms with van der Waals surface area (Å²) in [5.74, 6) is 0.0937. The maximum Gasteiger partial charge on any atom is 0.172 e. The maximum absolute atomic E-state index is 10.8. The molecule has 0 unspecified atom stereocenters. The van der Waals surface area contributed by atoms with E-state index in [0.717, 1.165) is 5.41 Å². The van der Waals surface area contributed by atoms with Crippen molar-refractivity contribution in [1.82, 2.24) is 5.32 Å². The number of nitrogens with one attached hydrogen (secondary N) is 1. The van der Waals surface area contributed by atoms with Crippen LogP contribution in [0.2, 0.25) is 0 Å². The van der Waals surface area contributed by atoms with Gasteiger partial charge in [-0.3, -0.25) is 0 Å². The molecular weight excluding hydrogens is 164 g/mol. The molecule has 0 aromatic heterocycles. The van der Waals surface area contributed by atoms with Crippen molar-refractivity contribution in [2.24, 2.45) is 5.73 Å². The largest absolute Gasteiger partial charge is 0.329 e. The Labute approximate surface area is 67.4 Å². The topological polar surface area (TPSA) is 72.2 Å². The Kier molecular flexibility index (Phi) is 5.10. The first-order valence-electron chi connectivity index (χ1n) is 3.38. The summed E-state index contributed by atoms with van der Waals surface area (Å²) >= 11 is 0. The minimum Gasteiger partial charge on any atom is -0.329 e. The van der Waals surface area contributed by atoms with Gasteiger partial charge in [-0.15, -0.1) is 0 Å². The lowest BCUT2D eigenvalue weighted by Crippen LogP contribution is -2.27. The Hall–Kier alpha value is -0.390. The van der Waals surface area contributed by atoms with Crippen LogP contribution in [0.25, 0.3) is 0 Å². The molecule has 11 heavy (non-hydrogen) atoms. The van der Waals surface area contributed by atoms with Crippen LogP contribution in [0.4, 0.5) is 0 Å². The van der Waals surface area contributed by atoms with E-state index in [9.17, 15) is 8.42 Å². The molecule has 66 valence electrons. The normalized spacial score (nSPS) is 11.4. The Bertz CT molecular complexity index is 199. The summed E-state index contributed by atoms with van der Waals surface area (Å²) in [6, 6.07) is 0. The van der Waals surface area contributed by atoms with Crippen molar-refractivity contribution in [2.75, 3.05) is 25.4 Å². The molecule has 0 aliphatic rings. The van der Waals surface area contributed by atoms with E-state index in [-0.39, 0.29) is 5.75 Å². The molecule has 0 amide bonds. The molecule has 4 nitrogen and oxygen atoms in total. The summed E-state index contributed by atoms with van der Waals surface area (Å²) in [5, 5.41) is 3.84. The highest BCUT2D eigenvalue weighted by atomic mass is 32.2. The summed E-state index contributed by atoms with van der Waals surface area (Å²) in [6.45, 7) is 4.79. The molecule has 0 aliphatic carbocycles. The number of rotatable bonds is 6. The van der Waals surface area contributed by atoms with Gasteiger partial charge in [0.25, 0.3) is 0 Å². The van der Waals surface area contributed by atoms with Gasteiger partial charge >= 0.3 is 0 Å². The minimum atomic E-state index is -3.04. The number of nitrogens with two attached hydrogens (primary N) is 1. The molecule has 0 rings (SSSR count). The second-order valence-electron chi connectivity index (χ2n) is 2.07. The van der Waals surface area contributed by atoms with Crippen molar-refractivity contribution in [3.05, 3.63) is 12.0 Å². The first-order chi connectivity index (χ1) is 5.12. The summed E-state index contributed by atoms with van der Waals surface area (Å²) < 4.78 is 21.5. The fraction of sp³-hybridized carbons (Fsp3) is 0.667. The van der Waals surface area contributed by atoms with E-state index in [1.54, 1.807) is 0 Å². The van der Waals surface area contributed by atoms with Gasteiger partial charge in [-0.05, 0) is 0 Å². The van der Waals surface area contributed by atoms with Crippen LogP contribution in [0.5, 0.6) is 0 Å². The summed E-state index contributed by atoms with van der Waals surface area (Å²) in [4.78, 5) is 0. The van der Waals surface area contributed by atoms with Crippen LogP contribution >= 0.6 is 0 Å².